The van der Waals surface area contributed by atoms with Crippen LogP contribution in [0.5, 0.6) is 0 Å². The number of hydrogen-bond acceptors (Lipinski definition) is 6. The Morgan fingerprint density at radius 3 is 2.85 bits per heavy atom. The van der Waals surface area contributed by atoms with Gasteiger partial charge in [0.15, 0.2) is 5.13 Å². The number of anilines is 1. The molecule has 130 valence electrons. The lowest BCUT2D eigenvalue weighted by molar-refractivity contribution is -0.117. The Bertz CT molecular complexity index is 1110. The number of tetrazole rings is 1. The van der Waals surface area contributed by atoms with Crippen molar-refractivity contribution in [2.24, 2.45) is 0 Å². The molecule has 0 fully saturated rings. The van der Waals surface area contributed by atoms with Crippen molar-refractivity contribution in [2.75, 3.05) is 5.32 Å². The summed E-state index contributed by atoms with van der Waals surface area (Å²) < 4.78 is 27.1. The molecule has 1 amide bonds. The molecule has 0 unspecified atom stereocenters. The van der Waals surface area contributed by atoms with Crippen LogP contribution in [0.15, 0.2) is 42.5 Å². The van der Waals surface area contributed by atoms with Gasteiger partial charge in [0.25, 0.3) is 0 Å². The highest BCUT2D eigenvalue weighted by Gasteiger charge is 2.12. The van der Waals surface area contributed by atoms with E-state index < -0.39 is 11.7 Å². The molecule has 0 saturated carbocycles. The highest BCUT2D eigenvalue weighted by molar-refractivity contribution is 7.22. The predicted molar refractivity (Wildman–Crippen MR) is 91.4 cm³/mol. The van der Waals surface area contributed by atoms with Crippen molar-refractivity contribution in [1.29, 1.82) is 0 Å². The van der Waals surface area contributed by atoms with Gasteiger partial charge in [-0.2, -0.15) is 4.80 Å². The molecule has 0 bridgehead atoms. The van der Waals surface area contributed by atoms with Crippen LogP contribution in [0.4, 0.5) is 13.9 Å². The van der Waals surface area contributed by atoms with Crippen LogP contribution in [-0.4, -0.2) is 31.1 Å². The van der Waals surface area contributed by atoms with E-state index in [1.165, 1.54) is 30.3 Å². The second-order valence-electron chi connectivity index (χ2n) is 5.33. The number of halogens is 2. The number of rotatable bonds is 4. The minimum Gasteiger partial charge on any atom is -0.300 e. The fourth-order valence-electron chi connectivity index (χ4n) is 2.29. The van der Waals surface area contributed by atoms with Gasteiger partial charge in [-0.25, -0.2) is 13.8 Å². The van der Waals surface area contributed by atoms with E-state index in [-0.39, 0.29) is 18.2 Å². The summed E-state index contributed by atoms with van der Waals surface area (Å²) in [4.78, 5) is 17.4. The molecule has 26 heavy (non-hydrogen) atoms. The standard InChI is InChI=1S/C16H10F2N6OS/c17-10-3-1-2-9(6-10)15-21-23-24(22-15)8-14(25)20-16-19-12-5-4-11(18)7-13(12)26-16/h1-7H,8H2,(H,19,20,25). The Kier molecular flexibility index (Phi) is 4.09. The van der Waals surface area contributed by atoms with Gasteiger partial charge in [0, 0.05) is 5.56 Å². The summed E-state index contributed by atoms with van der Waals surface area (Å²) in [6.45, 7) is -0.188. The molecule has 0 atom stereocenters. The van der Waals surface area contributed by atoms with Crippen LogP contribution in [-0.2, 0) is 11.3 Å². The molecule has 0 aliphatic heterocycles. The van der Waals surface area contributed by atoms with Crippen molar-refractivity contribution in [2.45, 2.75) is 6.54 Å². The van der Waals surface area contributed by atoms with Gasteiger partial charge >= 0.3 is 0 Å². The van der Waals surface area contributed by atoms with E-state index in [9.17, 15) is 13.6 Å². The van der Waals surface area contributed by atoms with Crippen LogP contribution in [0.1, 0.15) is 0 Å². The maximum atomic E-state index is 13.2. The van der Waals surface area contributed by atoms with Crippen LogP contribution in [0.25, 0.3) is 21.6 Å². The minimum absolute atomic E-state index is 0.188. The zero-order chi connectivity index (χ0) is 18.1. The third kappa shape index (κ3) is 3.40. The summed E-state index contributed by atoms with van der Waals surface area (Å²) in [5, 5.41) is 14.6. The van der Waals surface area contributed by atoms with E-state index in [0.29, 0.717) is 20.9 Å². The Morgan fingerprint density at radius 1 is 1.15 bits per heavy atom. The zero-order valence-corrected chi connectivity index (χ0v) is 13.9. The van der Waals surface area contributed by atoms with Crippen molar-refractivity contribution in [3.63, 3.8) is 0 Å². The van der Waals surface area contributed by atoms with Crippen LogP contribution >= 0.6 is 11.3 Å². The summed E-state index contributed by atoms with van der Waals surface area (Å²) >= 11 is 1.16. The maximum Gasteiger partial charge on any atom is 0.249 e. The first-order valence-corrected chi connectivity index (χ1v) is 8.28. The Labute approximate surface area is 149 Å². The second-order valence-corrected chi connectivity index (χ2v) is 6.36. The molecule has 0 radical (unpaired) electrons. The lowest BCUT2D eigenvalue weighted by Crippen LogP contribution is -2.20. The molecule has 10 heteroatoms. The van der Waals surface area contributed by atoms with Crippen molar-refractivity contribution in [3.05, 3.63) is 54.1 Å². The summed E-state index contributed by atoms with van der Waals surface area (Å²) in [6, 6.07) is 9.97. The lowest BCUT2D eigenvalue weighted by Gasteiger charge is -1.99. The molecule has 4 rings (SSSR count). The van der Waals surface area contributed by atoms with E-state index in [2.05, 4.69) is 25.7 Å². The molecule has 0 saturated heterocycles. The molecule has 2 heterocycles. The monoisotopic (exact) mass is 372 g/mol. The van der Waals surface area contributed by atoms with E-state index in [1.54, 1.807) is 12.1 Å². The minimum atomic E-state index is -0.413. The Hall–Kier alpha value is -3.27. The topological polar surface area (TPSA) is 85.6 Å². The Morgan fingerprint density at radius 2 is 2.00 bits per heavy atom. The summed E-state index contributed by atoms with van der Waals surface area (Å²) in [7, 11) is 0. The van der Waals surface area contributed by atoms with E-state index in [1.807, 2.05) is 0 Å². The third-order valence-corrected chi connectivity index (χ3v) is 4.35. The molecule has 2 aromatic carbocycles. The van der Waals surface area contributed by atoms with Gasteiger partial charge in [0.1, 0.15) is 18.2 Å². The highest BCUT2D eigenvalue weighted by Crippen LogP contribution is 2.26. The number of benzene rings is 2. The first-order chi connectivity index (χ1) is 12.6. The first kappa shape index (κ1) is 16.2. The molecule has 0 aliphatic rings. The summed E-state index contributed by atoms with van der Waals surface area (Å²) in [5.74, 6) is -0.972. The van der Waals surface area contributed by atoms with Crippen LogP contribution < -0.4 is 5.32 Å². The number of thiazole rings is 1. The molecule has 7 nitrogen and oxygen atoms in total. The van der Waals surface area contributed by atoms with E-state index >= 15 is 0 Å². The van der Waals surface area contributed by atoms with Gasteiger partial charge in [-0.05, 0) is 35.5 Å². The summed E-state index contributed by atoms with van der Waals surface area (Å²) in [6.07, 6.45) is 0. The zero-order valence-electron chi connectivity index (χ0n) is 13.1. The molecule has 4 aromatic rings. The number of hydrogen-bond donors (Lipinski definition) is 1. The van der Waals surface area contributed by atoms with E-state index in [0.717, 1.165) is 16.1 Å². The van der Waals surface area contributed by atoms with Gasteiger partial charge in [-0.15, -0.1) is 10.2 Å². The van der Waals surface area contributed by atoms with E-state index in [4.69, 9.17) is 0 Å². The Balaban J connectivity index is 1.46. The van der Waals surface area contributed by atoms with Crippen LogP contribution in [0.2, 0.25) is 0 Å². The fourth-order valence-corrected chi connectivity index (χ4v) is 3.20. The van der Waals surface area contributed by atoms with Crippen LogP contribution in [0, 0.1) is 11.6 Å². The SMILES string of the molecule is O=C(Cn1nnc(-c2cccc(F)c2)n1)Nc1nc2ccc(F)cc2s1. The van der Waals surface area contributed by atoms with Gasteiger partial charge in [-0.1, -0.05) is 23.5 Å². The summed E-state index contributed by atoms with van der Waals surface area (Å²) in [5.41, 5.74) is 1.06. The second kappa shape index (κ2) is 6.56. The van der Waals surface area contributed by atoms with Gasteiger partial charge < -0.3 is 5.32 Å². The number of fused-ring (bicyclic) bond motifs is 1. The molecular weight excluding hydrogens is 362 g/mol. The number of carbonyl (C=O) groups excluding carboxylic acids is 1. The average molecular weight is 372 g/mol. The number of nitrogens with zero attached hydrogens (tertiary/aromatic N) is 5. The van der Waals surface area contributed by atoms with Gasteiger partial charge in [0.2, 0.25) is 11.7 Å². The smallest absolute Gasteiger partial charge is 0.249 e. The number of carbonyl (C=O) groups is 1. The van der Waals surface area contributed by atoms with Crippen molar-refractivity contribution in [1.82, 2.24) is 25.2 Å². The number of nitrogens with one attached hydrogen (secondary N) is 1. The maximum absolute atomic E-state index is 13.2. The van der Waals surface area contributed by atoms with Gasteiger partial charge in [-0.3, -0.25) is 4.79 Å². The first-order valence-electron chi connectivity index (χ1n) is 7.46. The molecule has 0 aliphatic carbocycles. The van der Waals surface area contributed by atoms with Crippen LogP contribution in [0.3, 0.4) is 0 Å². The molecule has 2 aromatic heterocycles. The average Bonchev–Trinajstić information content (AvgIpc) is 3.20. The van der Waals surface area contributed by atoms with Crippen molar-refractivity contribution >= 4 is 32.6 Å². The van der Waals surface area contributed by atoms with Crippen molar-refractivity contribution < 1.29 is 13.6 Å². The largest absolute Gasteiger partial charge is 0.300 e. The normalized spacial score (nSPS) is 11.0. The third-order valence-electron chi connectivity index (χ3n) is 3.42. The molecular formula is C16H10F2N6OS. The molecule has 1 N–H and O–H groups in total. The fraction of sp³-hybridized carbons (Fsp3) is 0.0625. The quantitative estimate of drug-likeness (QED) is 0.595. The van der Waals surface area contributed by atoms with Gasteiger partial charge in [0.05, 0.1) is 10.2 Å². The highest BCUT2D eigenvalue weighted by atomic mass is 32.1. The van der Waals surface area contributed by atoms with Crippen molar-refractivity contribution in [3.8, 4) is 11.4 Å². The molecule has 0 spiro atoms. The lowest BCUT2D eigenvalue weighted by atomic mass is 10.2. The number of amides is 1. The number of aromatic nitrogens is 5. The predicted octanol–water partition coefficient (Wildman–Crippen LogP) is 2.87.